The van der Waals surface area contributed by atoms with Crippen molar-refractivity contribution in [2.45, 2.75) is 25.6 Å². The molecule has 0 aromatic heterocycles. The van der Waals surface area contributed by atoms with E-state index in [4.69, 9.17) is 5.11 Å². The van der Waals surface area contributed by atoms with Gasteiger partial charge in [0.05, 0.1) is 12.2 Å². The number of carbonyl (C=O) groups excluding carboxylic acids is 1. The lowest BCUT2D eigenvalue weighted by molar-refractivity contribution is -0.137. The molecule has 0 spiro atoms. The molecular formula is C13H14F3NO2. The summed E-state index contributed by atoms with van der Waals surface area (Å²) in [6.45, 7) is 0.417. The second-order valence-corrected chi connectivity index (χ2v) is 4.52. The number of hydrogen-bond donors (Lipinski definition) is 1. The number of amides is 1. The lowest BCUT2D eigenvalue weighted by Crippen LogP contribution is -2.36. The highest BCUT2D eigenvalue weighted by Gasteiger charge is 2.32. The monoisotopic (exact) mass is 273 g/mol. The van der Waals surface area contributed by atoms with Gasteiger partial charge in [-0.05, 0) is 29.7 Å². The molecule has 1 aromatic rings. The van der Waals surface area contributed by atoms with Crippen LogP contribution in [0, 0.1) is 0 Å². The summed E-state index contributed by atoms with van der Waals surface area (Å²) in [5.41, 5.74) is 0.691. The summed E-state index contributed by atoms with van der Waals surface area (Å²) in [5, 5.41) is 8.72. The molecule has 0 radical (unpaired) electrons. The van der Waals surface area contributed by atoms with Gasteiger partial charge in [-0.15, -0.1) is 0 Å². The van der Waals surface area contributed by atoms with Crippen molar-refractivity contribution in [1.82, 2.24) is 4.90 Å². The molecule has 1 aromatic carbocycles. The summed E-state index contributed by atoms with van der Waals surface area (Å²) in [4.78, 5) is 13.1. The minimum absolute atomic E-state index is 0.00823. The largest absolute Gasteiger partial charge is 0.416 e. The minimum atomic E-state index is -4.37. The minimum Gasteiger partial charge on any atom is -0.396 e. The number of halogens is 3. The quantitative estimate of drug-likeness (QED) is 0.895. The Morgan fingerprint density at radius 1 is 1.32 bits per heavy atom. The van der Waals surface area contributed by atoms with Gasteiger partial charge in [-0.2, -0.15) is 13.2 Å². The van der Waals surface area contributed by atoms with E-state index in [1.807, 2.05) is 0 Å². The van der Waals surface area contributed by atoms with Gasteiger partial charge in [-0.1, -0.05) is 6.07 Å². The normalized spacial score (nSPS) is 15.3. The van der Waals surface area contributed by atoms with Crippen molar-refractivity contribution >= 4 is 5.91 Å². The molecule has 0 atom stereocenters. The molecule has 6 heteroatoms. The number of rotatable bonds is 2. The number of aliphatic hydroxyl groups is 1. The molecule has 1 aliphatic heterocycles. The fourth-order valence-electron chi connectivity index (χ4n) is 2.20. The second kappa shape index (κ2) is 5.21. The van der Waals surface area contributed by atoms with Crippen molar-refractivity contribution in [3.63, 3.8) is 0 Å². The third-order valence-electron chi connectivity index (χ3n) is 3.22. The highest BCUT2D eigenvalue weighted by Crippen LogP contribution is 2.32. The molecular weight excluding hydrogens is 259 g/mol. The summed E-state index contributed by atoms with van der Waals surface area (Å²) >= 11 is 0. The molecule has 0 bridgehead atoms. The molecule has 1 amide bonds. The van der Waals surface area contributed by atoms with E-state index in [-0.39, 0.29) is 25.5 Å². The van der Waals surface area contributed by atoms with Crippen molar-refractivity contribution in [3.05, 3.63) is 34.9 Å². The molecule has 1 N–H and O–H groups in total. The molecule has 0 fully saturated rings. The van der Waals surface area contributed by atoms with Crippen molar-refractivity contribution in [1.29, 1.82) is 0 Å². The maximum Gasteiger partial charge on any atom is 0.416 e. The number of benzene rings is 1. The number of aliphatic hydroxyl groups excluding tert-OH is 1. The number of alkyl halides is 3. The van der Waals surface area contributed by atoms with E-state index in [0.29, 0.717) is 18.5 Å². The predicted octanol–water partition coefficient (Wildman–Crippen LogP) is 1.97. The SMILES string of the molecule is O=C(CCO)N1CCc2ccc(C(F)(F)F)cc2C1. The van der Waals surface area contributed by atoms with Crippen LogP contribution < -0.4 is 0 Å². The van der Waals surface area contributed by atoms with Gasteiger partial charge >= 0.3 is 6.18 Å². The first kappa shape index (κ1) is 13.9. The Kier molecular flexibility index (Phi) is 3.80. The van der Waals surface area contributed by atoms with Gasteiger partial charge in [-0.3, -0.25) is 4.79 Å². The van der Waals surface area contributed by atoms with Gasteiger partial charge in [0.1, 0.15) is 0 Å². The average molecular weight is 273 g/mol. The zero-order valence-electron chi connectivity index (χ0n) is 10.2. The molecule has 0 saturated carbocycles. The van der Waals surface area contributed by atoms with E-state index in [9.17, 15) is 18.0 Å². The lowest BCUT2D eigenvalue weighted by Gasteiger charge is -2.29. The van der Waals surface area contributed by atoms with Gasteiger partial charge in [0.2, 0.25) is 5.91 Å². The number of fused-ring (bicyclic) bond motifs is 1. The first-order valence-corrected chi connectivity index (χ1v) is 5.99. The van der Waals surface area contributed by atoms with E-state index < -0.39 is 11.7 Å². The van der Waals surface area contributed by atoms with Gasteiger partial charge < -0.3 is 10.0 Å². The molecule has 0 aliphatic carbocycles. The van der Waals surface area contributed by atoms with Crippen LogP contribution in [0.15, 0.2) is 18.2 Å². The average Bonchev–Trinajstić information content (AvgIpc) is 2.36. The smallest absolute Gasteiger partial charge is 0.396 e. The van der Waals surface area contributed by atoms with Crippen LogP contribution in [0.25, 0.3) is 0 Å². The molecule has 2 rings (SSSR count). The highest BCUT2D eigenvalue weighted by molar-refractivity contribution is 5.76. The van der Waals surface area contributed by atoms with Crippen LogP contribution in [0.3, 0.4) is 0 Å². The van der Waals surface area contributed by atoms with Gasteiger partial charge in [0, 0.05) is 19.5 Å². The van der Waals surface area contributed by atoms with Crippen LogP contribution in [-0.2, 0) is 23.9 Å². The number of carbonyl (C=O) groups is 1. The molecule has 1 aliphatic rings. The molecule has 19 heavy (non-hydrogen) atoms. The summed E-state index contributed by atoms with van der Waals surface area (Å²) in [5.74, 6) is -0.231. The van der Waals surface area contributed by atoms with E-state index in [1.165, 1.54) is 11.0 Å². The second-order valence-electron chi connectivity index (χ2n) is 4.52. The third kappa shape index (κ3) is 3.07. The Morgan fingerprint density at radius 2 is 2.05 bits per heavy atom. The van der Waals surface area contributed by atoms with E-state index in [2.05, 4.69) is 0 Å². The molecule has 1 heterocycles. The first-order valence-electron chi connectivity index (χ1n) is 5.99. The van der Waals surface area contributed by atoms with Gasteiger partial charge in [0.25, 0.3) is 0 Å². The van der Waals surface area contributed by atoms with Crippen LogP contribution in [0.1, 0.15) is 23.1 Å². The number of nitrogens with zero attached hydrogens (tertiary/aromatic N) is 1. The maximum atomic E-state index is 12.6. The Balaban J connectivity index is 2.21. The fourth-order valence-corrected chi connectivity index (χ4v) is 2.20. The highest BCUT2D eigenvalue weighted by atomic mass is 19.4. The molecule has 3 nitrogen and oxygen atoms in total. The van der Waals surface area contributed by atoms with Gasteiger partial charge in [-0.25, -0.2) is 0 Å². The van der Waals surface area contributed by atoms with E-state index in [1.54, 1.807) is 0 Å². The Bertz CT molecular complexity index is 485. The van der Waals surface area contributed by atoms with Crippen LogP contribution in [0.2, 0.25) is 0 Å². The van der Waals surface area contributed by atoms with Gasteiger partial charge in [0.15, 0.2) is 0 Å². The van der Waals surface area contributed by atoms with Crippen molar-refractivity contribution in [3.8, 4) is 0 Å². The third-order valence-corrected chi connectivity index (χ3v) is 3.22. The maximum absolute atomic E-state index is 12.6. The number of hydrogen-bond acceptors (Lipinski definition) is 2. The van der Waals surface area contributed by atoms with Crippen LogP contribution in [-0.4, -0.2) is 29.1 Å². The summed E-state index contributed by atoms with van der Waals surface area (Å²) in [6.07, 6.45) is -3.81. The predicted molar refractivity (Wildman–Crippen MR) is 62.3 cm³/mol. The Hall–Kier alpha value is -1.56. The Labute approximate surface area is 108 Å². The zero-order chi connectivity index (χ0) is 14.0. The van der Waals surface area contributed by atoms with Crippen molar-refractivity contribution in [2.75, 3.05) is 13.2 Å². The summed E-state index contributed by atoms with van der Waals surface area (Å²) in [7, 11) is 0. The molecule has 0 saturated heterocycles. The topological polar surface area (TPSA) is 40.5 Å². The van der Waals surface area contributed by atoms with E-state index in [0.717, 1.165) is 17.7 Å². The summed E-state index contributed by atoms with van der Waals surface area (Å²) < 4.78 is 37.9. The fraction of sp³-hybridized carbons (Fsp3) is 0.462. The Morgan fingerprint density at radius 3 is 2.68 bits per heavy atom. The van der Waals surface area contributed by atoms with Crippen LogP contribution in [0.4, 0.5) is 13.2 Å². The van der Waals surface area contributed by atoms with Crippen molar-refractivity contribution in [2.24, 2.45) is 0 Å². The van der Waals surface area contributed by atoms with Crippen LogP contribution >= 0.6 is 0 Å². The molecule has 0 unspecified atom stereocenters. The van der Waals surface area contributed by atoms with Crippen molar-refractivity contribution < 1.29 is 23.1 Å². The first-order chi connectivity index (χ1) is 8.91. The lowest BCUT2D eigenvalue weighted by atomic mass is 9.97. The standard InChI is InChI=1S/C13H14F3NO2/c14-13(15,16)11-2-1-9-3-5-17(8-10(9)7-11)12(19)4-6-18/h1-2,7,18H,3-6,8H2. The van der Waals surface area contributed by atoms with Crippen LogP contribution in [0.5, 0.6) is 0 Å². The zero-order valence-corrected chi connectivity index (χ0v) is 10.2. The van der Waals surface area contributed by atoms with E-state index >= 15 is 0 Å². The molecule has 104 valence electrons. The summed E-state index contributed by atoms with van der Waals surface area (Å²) in [6, 6.07) is 3.66.